The van der Waals surface area contributed by atoms with Gasteiger partial charge in [-0.3, -0.25) is 4.79 Å². The summed E-state index contributed by atoms with van der Waals surface area (Å²) in [6, 6.07) is 10.3. The molecule has 22 heavy (non-hydrogen) atoms. The average Bonchev–Trinajstić information content (AvgIpc) is 2.92. The highest BCUT2D eigenvalue weighted by atomic mass is 35.5. The number of hydrogen-bond acceptors (Lipinski definition) is 4. The van der Waals surface area contributed by atoms with Crippen LogP contribution in [-0.2, 0) is 10.0 Å². The molecule has 0 aliphatic rings. The van der Waals surface area contributed by atoms with Gasteiger partial charge in [-0.05, 0) is 30.7 Å². The van der Waals surface area contributed by atoms with Crippen LogP contribution in [0.4, 0.5) is 0 Å². The number of halogens is 1. The molecule has 0 unspecified atom stereocenters. The van der Waals surface area contributed by atoms with Crippen LogP contribution < -0.4 is 10.5 Å². The van der Waals surface area contributed by atoms with Crippen LogP contribution in [0, 0.1) is 0 Å². The van der Waals surface area contributed by atoms with Gasteiger partial charge >= 0.3 is 0 Å². The van der Waals surface area contributed by atoms with Gasteiger partial charge in [0.1, 0.15) is 5.76 Å². The maximum absolute atomic E-state index is 11.9. The van der Waals surface area contributed by atoms with Crippen molar-refractivity contribution in [2.75, 3.05) is 12.3 Å². The normalized spacial score (nSPS) is 11.4. The standard InChI is InChI=1S/C14H15ClN2O4S/c15-11-5-2-1-4-10(11)12-6-7-13(21-12)14(18)17-8-3-9-22(16,19)20/h1-2,4-7H,3,8-9H2,(H,17,18)(H2,16,19,20). The van der Waals surface area contributed by atoms with Gasteiger partial charge in [-0.2, -0.15) is 0 Å². The smallest absolute Gasteiger partial charge is 0.287 e. The summed E-state index contributed by atoms with van der Waals surface area (Å²) in [6.45, 7) is 0.192. The Morgan fingerprint density at radius 2 is 1.95 bits per heavy atom. The molecule has 6 nitrogen and oxygen atoms in total. The molecule has 0 saturated heterocycles. The molecule has 0 fully saturated rings. The summed E-state index contributed by atoms with van der Waals surface area (Å²) in [5.41, 5.74) is 0.692. The molecule has 1 aromatic carbocycles. The lowest BCUT2D eigenvalue weighted by Crippen LogP contribution is -2.27. The molecule has 0 radical (unpaired) electrons. The van der Waals surface area contributed by atoms with Gasteiger partial charge in [-0.1, -0.05) is 23.7 Å². The Labute approximate surface area is 133 Å². The van der Waals surface area contributed by atoms with Crippen molar-refractivity contribution in [3.05, 3.63) is 47.2 Å². The van der Waals surface area contributed by atoms with Crippen LogP contribution in [0.15, 0.2) is 40.8 Å². The van der Waals surface area contributed by atoms with Crippen LogP contribution >= 0.6 is 11.6 Å². The Kier molecular flexibility index (Phi) is 5.23. The van der Waals surface area contributed by atoms with E-state index in [0.29, 0.717) is 16.3 Å². The fourth-order valence-corrected chi connectivity index (χ4v) is 2.60. The SMILES string of the molecule is NS(=O)(=O)CCCNC(=O)c1ccc(-c2ccccc2Cl)o1. The molecule has 118 valence electrons. The summed E-state index contributed by atoms with van der Waals surface area (Å²) in [7, 11) is -3.51. The van der Waals surface area contributed by atoms with E-state index in [2.05, 4.69) is 5.32 Å². The summed E-state index contributed by atoms with van der Waals surface area (Å²) < 4.78 is 27.0. The maximum Gasteiger partial charge on any atom is 0.287 e. The van der Waals surface area contributed by atoms with Crippen LogP contribution in [-0.4, -0.2) is 26.6 Å². The topological polar surface area (TPSA) is 102 Å². The van der Waals surface area contributed by atoms with Gasteiger partial charge in [0.2, 0.25) is 10.0 Å². The molecule has 8 heteroatoms. The van der Waals surface area contributed by atoms with Crippen molar-refractivity contribution in [3.63, 3.8) is 0 Å². The van der Waals surface area contributed by atoms with Crippen molar-refractivity contribution >= 4 is 27.5 Å². The van der Waals surface area contributed by atoms with Gasteiger partial charge in [-0.25, -0.2) is 13.6 Å². The van der Waals surface area contributed by atoms with Crippen molar-refractivity contribution in [2.45, 2.75) is 6.42 Å². The zero-order chi connectivity index (χ0) is 16.2. The molecular formula is C14H15ClN2O4S. The molecular weight excluding hydrogens is 328 g/mol. The van der Waals surface area contributed by atoms with Crippen molar-refractivity contribution in [1.82, 2.24) is 5.32 Å². The highest BCUT2D eigenvalue weighted by molar-refractivity contribution is 7.89. The average molecular weight is 343 g/mol. The molecule has 1 heterocycles. The first-order valence-electron chi connectivity index (χ1n) is 6.50. The molecule has 1 aromatic heterocycles. The second-order valence-corrected chi connectivity index (χ2v) is 6.76. The first kappa shape index (κ1) is 16.5. The van der Waals surface area contributed by atoms with E-state index < -0.39 is 15.9 Å². The molecule has 1 amide bonds. The number of carbonyl (C=O) groups excluding carboxylic acids is 1. The summed E-state index contributed by atoms with van der Waals surface area (Å²) in [6.07, 6.45) is 0.239. The van der Waals surface area contributed by atoms with E-state index in [-0.39, 0.29) is 24.5 Å². The number of amides is 1. The summed E-state index contributed by atoms with van der Waals surface area (Å²) in [4.78, 5) is 11.9. The van der Waals surface area contributed by atoms with E-state index in [9.17, 15) is 13.2 Å². The molecule has 0 aliphatic heterocycles. The molecule has 0 spiro atoms. The number of nitrogens with one attached hydrogen (secondary N) is 1. The van der Waals surface area contributed by atoms with Gasteiger partial charge in [0.25, 0.3) is 5.91 Å². The highest BCUT2D eigenvalue weighted by Gasteiger charge is 2.13. The van der Waals surface area contributed by atoms with Gasteiger partial charge < -0.3 is 9.73 Å². The van der Waals surface area contributed by atoms with Gasteiger partial charge in [-0.15, -0.1) is 0 Å². The third-order valence-electron chi connectivity index (χ3n) is 2.86. The number of sulfonamides is 1. The Morgan fingerprint density at radius 3 is 2.64 bits per heavy atom. The van der Waals surface area contributed by atoms with Crippen LogP contribution in [0.2, 0.25) is 5.02 Å². The summed E-state index contributed by atoms with van der Waals surface area (Å²) >= 11 is 6.06. The number of carbonyl (C=O) groups is 1. The Morgan fingerprint density at radius 1 is 1.23 bits per heavy atom. The lowest BCUT2D eigenvalue weighted by atomic mass is 10.2. The summed E-state index contributed by atoms with van der Waals surface area (Å²) in [5.74, 6) is 0.00887. The van der Waals surface area contributed by atoms with Crippen molar-refractivity contribution < 1.29 is 17.6 Å². The highest BCUT2D eigenvalue weighted by Crippen LogP contribution is 2.28. The number of rotatable bonds is 6. The second-order valence-electron chi connectivity index (χ2n) is 4.62. The molecule has 3 N–H and O–H groups in total. The minimum absolute atomic E-state index is 0.130. The third-order valence-corrected chi connectivity index (χ3v) is 4.05. The van der Waals surface area contributed by atoms with Crippen LogP contribution in [0.3, 0.4) is 0 Å². The molecule has 0 aliphatic carbocycles. The van der Waals surface area contributed by atoms with E-state index in [0.717, 1.165) is 0 Å². The molecule has 0 atom stereocenters. The second kappa shape index (κ2) is 6.95. The number of benzene rings is 1. The van der Waals surface area contributed by atoms with E-state index in [4.69, 9.17) is 21.2 Å². The minimum Gasteiger partial charge on any atom is -0.451 e. The minimum atomic E-state index is -3.51. The Bertz CT molecular complexity index is 771. The maximum atomic E-state index is 11.9. The van der Waals surface area contributed by atoms with E-state index in [1.165, 1.54) is 6.07 Å². The molecule has 0 saturated carbocycles. The number of primary sulfonamides is 1. The molecule has 2 aromatic rings. The van der Waals surface area contributed by atoms with Crippen LogP contribution in [0.5, 0.6) is 0 Å². The van der Waals surface area contributed by atoms with Crippen LogP contribution in [0.1, 0.15) is 17.0 Å². The van der Waals surface area contributed by atoms with Gasteiger partial charge in [0.05, 0.1) is 10.8 Å². The van der Waals surface area contributed by atoms with E-state index in [1.807, 2.05) is 6.07 Å². The monoisotopic (exact) mass is 342 g/mol. The van der Waals surface area contributed by atoms with Gasteiger partial charge in [0, 0.05) is 12.1 Å². The van der Waals surface area contributed by atoms with E-state index >= 15 is 0 Å². The zero-order valence-corrected chi connectivity index (χ0v) is 13.2. The lowest BCUT2D eigenvalue weighted by Gasteiger charge is -2.03. The molecule has 2 rings (SSSR count). The fraction of sp³-hybridized carbons (Fsp3) is 0.214. The fourth-order valence-electron chi connectivity index (χ4n) is 1.83. The predicted molar refractivity (Wildman–Crippen MR) is 84.1 cm³/mol. The zero-order valence-electron chi connectivity index (χ0n) is 11.6. The van der Waals surface area contributed by atoms with Crippen LogP contribution in [0.25, 0.3) is 11.3 Å². The number of hydrogen-bond donors (Lipinski definition) is 2. The lowest BCUT2D eigenvalue weighted by molar-refractivity contribution is 0.0927. The van der Waals surface area contributed by atoms with Crippen molar-refractivity contribution in [2.24, 2.45) is 5.14 Å². The van der Waals surface area contributed by atoms with Crippen molar-refractivity contribution in [3.8, 4) is 11.3 Å². The first-order valence-corrected chi connectivity index (χ1v) is 8.59. The Balaban J connectivity index is 1.97. The van der Waals surface area contributed by atoms with Gasteiger partial charge in [0.15, 0.2) is 5.76 Å². The van der Waals surface area contributed by atoms with Crippen molar-refractivity contribution in [1.29, 1.82) is 0 Å². The molecule has 0 bridgehead atoms. The quantitative estimate of drug-likeness (QED) is 0.784. The van der Waals surface area contributed by atoms with E-state index in [1.54, 1.807) is 24.3 Å². The number of nitrogens with two attached hydrogens (primary N) is 1. The predicted octanol–water partition coefficient (Wildman–Crippen LogP) is 2.01. The first-order chi connectivity index (χ1) is 10.4. The third kappa shape index (κ3) is 4.59. The number of furan rings is 1. The largest absolute Gasteiger partial charge is 0.451 e. The Hall–Kier alpha value is -1.83. The summed E-state index contributed by atoms with van der Waals surface area (Å²) in [5, 5.41) is 7.96.